The number of rotatable bonds is 5. The van der Waals surface area contributed by atoms with E-state index in [1.807, 2.05) is 0 Å². The third-order valence-electron chi connectivity index (χ3n) is 3.09. The quantitative estimate of drug-likeness (QED) is 0.886. The van der Waals surface area contributed by atoms with E-state index in [1.165, 1.54) is 12.8 Å². The third-order valence-corrected chi connectivity index (χ3v) is 3.88. The number of anilines is 1. The average Bonchev–Trinajstić information content (AvgIpc) is 3.11. The van der Waals surface area contributed by atoms with Gasteiger partial charge in [0.15, 0.2) is 11.6 Å². The van der Waals surface area contributed by atoms with E-state index >= 15 is 0 Å². The van der Waals surface area contributed by atoms with Gasteiger partial charge in [0.1, 0.15) is 5.82 Å². The highest BCUT2D eigenvalue weighted by Crippen LogP contribution is 2.44. The van der Waals surface area contributed by atoms with Crippen molar-refractivity contribution in [2.24, 2.45) is 0 Å². The molecule has 2 aromatic heterocycles. The summed E-state index contributed by atoms with van der Waals surface area (Å²) in [4.78, 5) is 16.5. The first kappa shape index (κ1) is 12.6. The zero-order chi connectivity index (χ0) is 13.2. The Kier molecular flexibility index (Phi) is 3.50. The van der Waals surface area contributed by atoms with Crippen LogP contribution in [0.3, 0.4) is 0 Å². The van der Waals surface area contributed by atoms with Crippen molar-refractivity contribution in [1.29, 1.82) is 0 Å². The molecule has 1 fully saturated rings. The van der Waals surface area contributed by atoms with E-state index in [-0.39, 0.29) is 0 Å². The topological polar surface area (TPSA) is 66.5 Å². The van der Waals surface area contributed by atoms with Crippen molar-refractivity contribution in [3.8, 4) is 11.6 Å². The second kappa shape index (κ2) is 5.28. The van der Waals surface area contributed by atoms with Crippen LogP contribution in [0.2, 0.25) is 0 Å². The van der Waals surface area contributed by atoms with Crippen molar-refractivity contribution < 1.29 is 0 Å². The van der Waals surface area contributed by atoms with Crippen LogP contribution in [0.4, 0.5) is 5.82 Å². The Morgan fingerprint density at radius 1 is 1.42 bits per heavy atom. The number of nitrogens with zero attached hydrogens (tertiary/aromatic N) is 3. The molecule has 0 aromatic carbocycles. The molecular formula is C13H16BrN5. The average molecular weight is 322 g/mol. The molecule has 1 aliphatic carbocycles. The number of aromatic nitrogens is 4. The Morgan fingerprint density at radius 3 is 2.89 bits per heavy atom. The predicted octanol–water partition coefficient (Wildman–Crippen LogP) is 3.33. The van der Waals surface area contributed by atoms with Crippen LogP contribution in [-0.4, -0.2) is 26.5 Å². The first-order chi connectivity index (χ1) is 9.29. The maximum atomic E-state index is 4.65. The number of nitrogens with one attached hydrogen (secondary N) is 2. The van der Waals surface area contributed by atoms with Gasteiger partial charge in [0, 0.05) is 24.9 Å². The summed E-state index contributed by atoms with van der Waals surface area (Å²) in [5.74, 6) is 2.81. The molecule has 0 atom stereocenters. The Hall–Kier alpha value is -1.43. The fourth-order valence-electron chi connectivity index (χ4n) is 1.95. The molecule has 19 heavy (non-hydrogen) atoms. The lowest BCUT2D eigenvalue weighted by molar-refractivity contribution is 0.934. The van der Waals surface area contributed by atoms with Gasteiger partial charge in [-0.3, -0.25) is 0 Å². The van der Waals surface area contributed by atoms with Crippen molar-refractivity contribution in [1.82, 2.24) is 19.9 Å². The van der Waals surface area contributed by atoms with Gasteiger partial charge < -0.3 is 10.3 Å². The first-order valence-corrected chi connectivity index (χ1v) is 7.40. The molecule has 0 spiro atoms. The predicted molar refractivity (Wildman–Crippen MR) is 78.1 cm³/mol. The molecule has 0 saturated heterocycles. The van der Waals surface area contributed by atoms with Gasteiger partial charge in [-0.2, -0.15) is 0 Å². The molecule has 0 aliphatic heterocycles. The molecule has 2 heterocycles. The Bertz CT molecular complexity index is 563. The second-order valence-electron chi connectivity index (χ2n) is 4.73. The standard InChI is InChI=1S/C13H16BrN5/c1-2-5-15-11-9(14)10(8-3-4-8)18-13(19-11)12-16-6-7-17-12/h6-8H,2-5H2,1H3,(H,16,17)(H,15,18,19). The maximum absolute atomic E-state index is 4.65. The molecular weight excluding hydrogens is 306 g/mol. The maximum Gasteiger partial charge on any atom is 0.197 e. The van der Waals surface area contributed by atoms with Gasteiger partial charge in [0.05, 0.1) is 10.2 Å². The van der Waals surface area contributed by atoms with E-state index in [4.69, 9.17) is 0 Å². The summed E-state index contributed by atoms with van der Waals surface area (Å²) in [6.07, 6.45) is 6.99. The molecule has 3 rings (SSSR count). The van der Waals surface area contributed by atoms with Gasteiger partial charge in [-0.15, -0.1) is 0 Å². The summed E-state index contributed by atoms with van der Waals surface area (Å²) in [6, 6.07) is 0. The summed E-state index contributed by atoms with van der Waals surface area (Å²) in [7, 11) is 0. The summed E-state index contributed by atoms with van der Waals surface area (Å²) >= 11 is 3.63. The number of hydrogen-bond acceptors (Lipinski definition) is 4. The second-order valence-corrected chi connectivity index (χ2v) is 5.53. The number of H-pyrrole nitrogens is 1. The lowest BCUT2D eigenvalue weighted by Crippen LogP contribution is -2.07. The van der Waals surface area contributed by atoms with E-state index in [0.29, 0.717) is 17.6 Å². The van der Waals surface area contributed by atoms with Crippen molar-refractivity contribution in [2.75, 3.05) is 11.9 Å². The largest absolute Gasteiger partial charge is 0.369 e. The minimum absolute atomic E-state index is 0.563. The normalized spacial score (nSPS) is 14.6. The van der Waals surface area contributed by atoms with E-state index < -0.39 is 0 Å². The van der Waals surface area contributed by atoms with Crippen molar-refractivity contribution in [3.05, 3.63) is 22.6 Å². The molecule has 5 nitrogen and oxygen atoms in total. The summed E-state index contributed by atoms with van der Waals surface area (Å²) in [6.45, 7) is 3.04. The molecule has 0 bridgehead atoms. The van der Waals surface area contributed by atoms with Gasteiger partial charge in [-0.05, 0) is 35.2 Å². The van der Waals surface area contributed by atoms with Crippen LogP contribution in [-0.2, 0) is 0 Å². The molecule has 100 valence electrons. The zero-order valence-corrected chi connectivity index (χ0v) is 12.4. The SMILES string of the molecule is CCCNc1nc(-c2ncc[nH]2)nc(C2CC2)c1Br. The zero-order valence-electron chi connectivity index (χ0n) is 10.8. The first-order valence-electron chi connectivity index (χ1n) is 6.60. The number of hydrogen-bond donors (Lipinski definition) is 2. The molecule has 0 amide bonds. The fraction of sp³-hybridized carbons (Fsp3) is 0.462. The van der Waals surface area contributed by atoms with E-state index in [9.17, 15) is 0 Å². The highest BCUT2D eigenvalue weighted by Gasteiger charge is 2.29. The minimum Gasteiger partial charge on any atom is -0.369 e. The monoisotopic (exact) mass is 321 g/mol. The van der Waals surface area contributed by atoms with Gasteiger partial charge in [-0.1, -0.05) is 6.92 Å². The molecule has 0 unspecified atom stereocenters. The van der Waals surface area contributed by atoms with Crippen LogP contribution in [0.15, 0.2) is 16.9 Å². The van der Waals surface area contributed by atoms with Crippen molar-refractivity contribution in [3.63, 3.8) is 0 Å². The third kappa shape index (κ3) is 2.63. The van der Waals surface area contributed by atoms with Gasteiger partial charge in [-0.25, -0.2) is 15.0 Å². The van der Waals surface area contributed by atoms with Crippen molar-refractivity contribution >= 4 is 21.7 Å². The molecule has 0 radical (unpaired) electrons. The molecule has 2 aromatic rings. The lowest BCUT2D eigenvalue weighted by atomic mass is 10.2. The van der Waals surface area contributed by atoms with Crippen molar-refractivity contribution in [2.45, 2.75) is 32.1 Å². The Labute approximate surface area is 120 Å². The number of halogens is 1. The smallest absolute Gasteiger partial charge is 0.197 e. The Balaban J connectivity index is 2.02. The van der Waals surface area contributed by atoms with Crippen LogP contribution in [0.1, 0.15) is 37.8 Å². The minimum atomic E-state index is 0.563. The highest BCUT2D eigenvalue weighted by molar-refractivity contribution is 9.10. The van der Waals surface area contributed by atoms with E-state index in [2.05, 4.69) is 48.1 Å². The molecule has 6 heteroatoms. The lowest BCUT2D eigenvalue weighted by Gasteiger charge is -2.11. The summed E-state index contributed by atoms with van der Waals surface area (Å²) < 4.78 is 0.999. The summed E-state index contributed by atoms with van der Waals surface area (Å²) in [5, 5.41) is 3.35. The van der Waals surface area contributed by atoms with Gasteiger partial charge in [0.2, 0.25) is 0 Å². The molecule has 2 N–H and O–H groups in total. The summed E-state index contributed by atoms with van der Waals surface area (Å²) in [5.41, 5.74) is 1.10. The van der Waals surface area contributed by atoms with Crippen LogP contribution < -0.4 is 5.32 Å². The van der Waals surface area contributed by atoms with Crippen LogP contribution >= 0.6 is 15.9 Å². The van der Waals surface area contributed by atoms with E-state index in [1.54, 1.807) is 12.4 Å². The molecule has 1 aliphatic rings. The van der Waals surface area contributed by atoms with Crippen LogP contribution in [0, 0.1) is 0 Å². The molecule has 1 saturated carbocycles. The van der Waals surface area contributed by atoms with Gasteiger partial charge >= 0.3 is 0 Å². The van der Waals surface area contributed by atoms with Crippen LogP contribution in [0.25, 0.3) is 11.6 Å². The van der Waals surface area contributed by atoms with E-state index in [0.717, 1.165) is 29.0 Å². The van der Waals surface area contributed by atoms with Gasteiger partial charge in [0.25, 0.3) is 0 Å². The number of imidazole rings is 1. The Morgan fingerprint density at radius 2 is 2.26 bits per heavy atom. The highest BCUT2D eigenvalue weighted by atomic mass is 79.9. The fourth-order valence-corrected chi connectivity index (χ4v) is 2.59. The van der Waals surface area contributed by atoms with Crippen LogP contribution in [0.5, 0.6) is 0 Å². The number of aromatic amines is 1.